The van der Waals surface area contributed by atoms with Crippen molar-refractivity contribution in [2.24, 2.45) is 14.6 Å². The Bertz CT molecular complexity index is 1660. The van der Waals surface area contributed by atoms with Gasteiger partial charge in [-0.05, 0) is 54.4 Å². The minimum absolute atomic E-state index is 0.0504. The number of alkyl halides is 3. The minimum atomic E-state index is -4.67. The molecule has 1 unspecified atom stereocenters. The topological polar surface area (TPSA) is 134 Å². The van der Waals surface area contributed by atoms with E-state index in [-0.39, 0.29) is 19.0 Å². The van der Waals surface area contributed by atoms with Crippen LogP contribution in [0.25, 0.3) is 0 Å². The number of nitrogens with zero attached hydrogens (tertiary/aromatic N) is 3. The average Bonchev–Trinajstić information content (AvgIpc) is 3.36. The quantitative estimate of drug-likeness (QED) is 0.238. The molecule has 4 rings (SSSR count). The van der Waals surface area contributed by atoms with Gasteiger partial charge >= 0.3 is 6.18 Å². The zero-order valence-corrected chi connectivity index (χ0v) is 23.1. The summed E-state index contributed by atoms with van der Waals surface area (Å²) in [7, 11) is -8.61. The number of primary sulfonamides is 1. The van der Waals surface area contributed by atoms with Gasteiger partial charge in [0.05, 0.1) is 28.0 Å². The predicted octanol–water partition coefficient (Wildman–Crippen LogP) is 3.66. The van der Waals surface area contributed by atoms with Gasteiger partial charge < -0.3 is 5.32 Å². The Morgan fingerprint density at radius 2 is 1.63 bits per heavy atom. The SMILES string of the molecule is CC(CN/C(=N\S(=O)(=O)c1ccc(C(F)(F)F)cc1)N1C[C@@H](c2ccccc2)C(c2ccc(F)cc2)=N1)S(N)(=O)=O. The number of hydrogen-bond donors (Lipinski definition) is 2. The number of halogens is 4. The molecule has 0 fully saturated rings. The third-order valence-electron chi connectivity index (χ3n) is 6.30. The fraction of sp³-hybridized carbons (Fsp3) is 0.231. The second kappa shape index (κ2) is 11.6. The number of hydrogen-bond acceptors (Lipinski definition) is 5. The standard InChI is InChI=1S/C26H25F4N5O4S2/c1-17(40(31,36)37)15-32-25(34-41(38,39)22-13-9-20(10-14-22)26(28,29)30)35-16-23(18-5-3-2-4-6-18)24(33-35)19-7-11-21(27)12-8-19/h2-14,17,23H,15-16H2,1H3,(H,32,34)(H2,31,36,37)/t17?,23-/m0/s1. The number of guanidine groups is 1. The summed E-state index contributed by atoms with van der Waals surface area (Å²) in [6.45, 7) is 0.997. The van der Waals surface area contributed by atoms with Gasteiger partial charge in [0.2, 0.25) is 16.0 Å². The van der Waals surface area contributed by atoms with Crippen molar-refractivity contribution in [1.82, 2.24) is 10.3 Å². The Balaban J connectivity index is 1.77. The van der Waals surface area contributed by atoms with Crippen LogP contribution in [0, 0.1) is 5.82 Å². The van der Waals surface area contributed by atoms with Gasteiger partial charge in [0.15, 0.2) is 0 Å². The van der Waals surface area contributed by atoms with Gasteiger partial charge in [0, 0.05) is 12.5 Å². The van der Waals surface area contributed by atoms with Crippen molar-refractivity contribution in [3.05, 3.63) is 101 Å². The van der Waals surface area contributed by atoms with E-state index in [1.54, 1.807) is 12.1 Å². The Kier molecular flexibility index (Phi) is 8.52. The summed E-state index contributed by atoms with van der Waals surface area (Å²) in [6.07, 6.45) is -4.67. The lowest BCUT2D eigenvalue weighted by molar-refractivity contribution is -0.137. The van der Waals surface area contributed by atoms with Crippen LogP contribution >= 0.6 is 0 Å². The fourth-order valence-electron chi connectivity index (χ4n) is 3.97. The first-order valence-corrected chi connectivity index (χ1v) is 15.1. The first kappa shape index (κ1) is 30.1. The van der Waals surface area contributed by atoms with Crippen LogP contribution in [0.1, 0.15) is 29.5 Å². The summed E-state index contributed by atoms with van der Waals surface area (Å²) in [6, 6.07) is 17.4. The molecule has 0 aliphatic carbocycles. The van der Waals surface area contributed by atoms with Crippen LogP contribution in [0.2, 0.25) is 0 Å². The maximum atomic E-state index is 13.6. The van der Waals surface area contributed by atoms with Gasteiger partial charge in [-0.25, -0.2) is 23.0 Å². The minimum Gasteiger partial charge on any atom is -0.353 e. The van der Waals surface area contributed by atoms with E-state index in [1.165, 1.54) is 36.2 Å². The van der Waals surface area contributed by atoms with Gasteiger partial charge in [0.1, 0.15) is 5.82 Å². The fourth-order valence-corrected chi connectivity index (χ4v) is 5.25. The van der Waals surface area contributed by atoms with Gasteiger partial charge in [-0.3, -0.25) is 0 Å². The lowest BCUT2D eigenvalue weighted by Crippen LogP contribution is -2.44. The molecule has 0 aromatic heterocycles. The van der Waals surface area contributed by atoms with Crippen LogP contribution in [-0.4, -0.2) is 51.9 Å². The Labute approximate surface area is 234 Å². The van der Waals surface area contributed by atoms with Crippen molar-refractivity contribution in [1.29, 1.82) is 0 Å². The van der Waals surface area contributed by atoms with Crippen LogP contribution in [0.4, 0.5) is 17.6 Å². The molecule has 1 heterocycles. The number of nitrogens with one attached hydrogen (secondary N) is 1. The summed E-state index contributed by atoms with van der Waals surface area (Å²) in [5.41, 5.74) is 0.767. The molecule has 41 heavy (non-hydrogen) atoms. The van der Waals surface area contributed by atoms with Crippen molar-refractivity contribution in [3.63, 3.8) is 0 Å². The highest BCUT2D eigenvalue weighted by molar-refractivity contribution is 7.90. The molecular formula is C26H25F4N5O4S2. The van der Waals surface area contributed by atoms with Crippen LogP contribution in [-0.2, 0) is 26.2 Å². The van der Waals surface area contributed by atoms with E-state index in [9.17, 15) is 34.4 Å². The first-order valence-electron chi connectivity index (χ1n) is 12.1. The Hall–Kier alpha value is -3.82. The molecule has 3 aromatic rings. The van der Waals surface area contributed by atoms with E-state index in [0.717, 1.165) is 17.7 Å². The highest BCUT2D eigenvalue weighted by Gasteiger charge is 2.34. The number of sulfonamides is 2. The summed E-state index contributed by atoms with van der Waals surface area (Å²) >= 11 is 0. The zero-order valence-electron chi connectivity index (χ0n) is 21.5. The molecule has 218 valence electrons. The highest BCUT2D eigenvalue weighted by atomic mass is 32.2. The lowest BCUT2D eigenvalue weighted by Gasteiger charge is -2.21. The van der Waals surface area contributed by atoms with Gasteiger partial charge in [0.25, 0.3) is 10.0 Å². The molecule has 3 N–H and O–H groups in total. The van der Waals surface area contributed by atoms with E-state index in [2.05, 4.69) is 14.8 Å². The molecule has 0 saturated heterocycles. The molecule has 2 atom stereocenters. The molecule has 0 saturated carbocycles. The van der Waals surface area contributed by atoms with E-state index < -0.39 is 53.7 Å². The molecule has 0 bridgehead atoms. The van der Waals surface area contributed by atoms with Crippen molar-refractivity contribution < 1.29 is 34.4 Å². The molecule has 9 nitrogen and oxygen atoms in total. The van der Waals surface area contributed by atoms with E-state index in [1.807, 2.05) is 18.2 Å². The molecular weight excluding hydrogens is 586 g/mol. The molecule has 0 amide bonds. The molecule has 15 heteroatoms. The van der Waals surface area contributed by atoms with Crippen LogP contribution in [0.5, 0.6) is 0 Å². The smallest absolute Gasteiger partial charge is 0.353 e. The average molecular weight is 612 g/mol. The van der Waals surface area contributed by atoms with Crippen LogP contribution in [0.15, 0.2) is 93.3 Å². The number of rotatable bonds is 7. The Morgan fingerprint density at radius 1 is 1.02 bits per heavy atom. The zero-order chi connectivity index (χ0) is 30.0. The number of benzene rings is 3. The number of nitrogens with two attached hydrogens (primary N) is 1. The van der Waals surface area contributed by atoms with Crippen molar-refractivity contribution in [2.75, 3.05) is 13.1 Å². The summed E-state index contributed by atoms with van der Waals surface area (Å²) in [4.78, 5) is -0.522. The maximum Gasteiger partial charge on any atom is 0.416 e. The predicted molar refractivity (Wildman–Crippen MR) is 145 cm³/mol. The molecule has 0 spiro atoms. The second-order valence-electron chi connectivity index (χ2n) is 9.23. The lowest BCUT2D eigenvalue weighted by atomic mass is 9.91. The number of hydrazone groups is 1. The van der Waals surface area contributed by atoms with Crippen molar-refractivity contribution in [3.8, 4) is 0 Å². The first-order chi connectivity index (χ1) is 19.1. The third kappa shape index (κ3) is 7.28. The van der Waals surface area contributed by atoms with Gasteiger partial charge in [-0.1, -0.05) is 42.5 Å². The molecule has 0 radical (unpaired) electrons. The van der Waals surface area contributed by atoms with Crippen LogP contribution in [0.3, 0.4) is 0 Å². The summed E-state index contributed by atoms with van der Waals surface area (Å²) in [5.74, 6) is -1.28. The van der Waals surface area contributed by atoms with Crippen LogP contribution < -0.4 is 10.5 Å². The Morgan fingerprint density at radius 3 is 2.20 bits per heavy atom. The van der Waals surface area contributed by atoms with Crippen molar-refractivity contribution >= 4 is 31.7 Å². The highest BCUT2D eigenvalue weighted by Crippen LogP contribution is 2.31. The third-order valence-corrected chi connectivity index (χ3v) is 8.86. The van der Waals surface area contributed by atoms with E-state index in [4.69, 9.17) is 5.14 Å². The van der Waals surface area contributed by atoms with E-state index in [0.29, 0.717) is 23.4 Å². The summed E-state index contributed by atoms with van der Waals surface area (Å²) < 4.78 is 106. The normalized spacial score (nSPS) is 17.3. The monoisotopic (exact) mass is 611 g/mol. The van der Waals surface area contributed by atoms with Crippen molar-refractivity contribution in [2.45, 2.75) is 29.2 Å². The van der Waals surface area contributed by atoms with Gasteiger partial charge in [-0.15, -0.1) is 4.40 Å². The molecule has 3 aromatic carbocycles. The molecule has 1 aliphatic rings. The molecule has 1 aliphatic heterocycles. The van der Waals surface area contributed by atoms with Gasteiger partial charge in [-0.2, -0.15) is 26.7 Å². The maximum absolute atomic E-state index is 13.6. The largest absolute Gasteiger partial charge is 0.416 e. The summed E-state index contributed by atoms with van der Waals surface area (Å²) in [5, 5.41) is 12.5. The second-order valence-corrected chi connectivity index (χ2v) is 12.8. The van der Waals surface area contributed by atoms with E-state index >= 15 is 0 Å².